The predicted molar refractivity (Wildman–Crippen MR) is 95.0 cm³/mol. The topological polar surface area (TPSA) is 24.1 Å². The maximum absolute atomic E-state index is 12.8. The molecule has 0 aromatic heterocycles. The van der Waals surface area contributed by atoms with Crippen LogP contribution in [0.1, 0.15) is 36.1 Å². The van der Waals surface area contributed by atoms with Crippen LogP contribution in [0.5, 0.6) is 0 Å². The van der Waals surface area contributed by atoms with Crippen LogP contribution >= 0.6 is 12.2 Å². The van der Waals surface area contributed by atoms with Gasteiger partial charge in [-0.15, -0.1) is 0 Å². The number of hydrogen-bond acceptors (Lipinski definition) is 1. The number of thiocarbonyl (C=S) groups is 1. The maximum atomic E-state index is 12.8. The fourth-order valence-electron chi connectivity index (χ4n) is 2.48. The first-order valence-electron chi connectivity index (χ1n) is 7.61. The van der Waals surface area contributed by atoms with Crippen molar-refractivity contribution in [2.75, 3.05) is 5.32 Å². The van der Waals surface area contributed by atoms with E-state index in [1.165, 1.54) is 6.07 Å². The number of hydrogen-bond donors (Lipinski definition) is 2. The van der Waals surface area contributed by atoms with E-state index in [0.29, 0.717) is 10.8 Å². The quantitative estimate of drug-likeness (QED) is 0.715. The third kappa shape index (κ3) is 4.71. The Morgan fingerprint density at radius 3 is 2.46 bits per heavy atom. The van der Waals surface area contributed by atoms with Gasteiger partial charge in [0.1, 0.15) is 0 Å². The molecule has 2 aromatic carbocycles. The second kappa shape index (κ2) is 7.66. The van der Waals surface area contributed by atoms with Gasteiger partial charge in [0.2, 0.25) is 0 Å². The first kappa shape index (κ1) is 18.3. The van der Waals surface area contributed by atoms with E-state index in [9.17, 15) is 13.2 Å². The fraction of sp³-hybridized carbons (Fsp3) is 0.278. The van der Waals surface area contributed by atoms with E-state index in [2.05, 4.69) is 10.6 Å². The van der Waals surface area contributed by atoms with Gasteiger partial charge in [0.15, 0.2) is 5.11 Å². The monoisotopic (exact) mass is 352 g/mol. The molecule has 2 N–H and O–H groups in total. The molecule has 128 valence electrons. The molecule has 6 heteroatoms. The number of nitrogens with one attached hydrogen (secondary N) is 2. The summed E-state index contributed by atoms with van der Waals surface area (Å²) in [5.74, 6) is 0. The number of rotatable bonds is 4. The van der Waals surface area contributed by atoms with Crippen LogP contribution < -0.4 is 10.6 Å². The SMILES string of the molecule is CCC(NC(=S)Nc1cccc(C(F)(F)F)c1)c1ccccc1C. The van der Waals surface area contributed by atoms with Crippen LogP contribution in [0, 0.1) is 6.92 Å². The van der Waals surface area contributed by atoms with Gasteiger partial charge in [-0.25, -0.2) is 0 Å². The number of benzene rings is 2. The molecule has 0 aliphatic rings. The summed E-state index contributed by atoms with van der Waals surface area (Å²) < 4.78 is 38.3. The molecular weight excluding hydrogens is 333 g/mol. The standard InChI is InChI=1S/C18H19F3N2S/c1-3-16(15-10-5-4-7-12(15)2)23-17(24)22-14-9-6-8-13(11-14)18(19,20)21/h4-11,16H,3H2,1-2H3,(H2,22,23,24). The molecule has 0 heterocycles. The van der Waals surface area contributed by atoms with Crippen LogP contribution in [0.4, 0.5) is 18.9 Å². The molecule has 24 heavy (non-hydrogen) atoms. The van der Waals surface area contributed by atoms with Crippen LogP contribution in [-0.4, -0.2) is 5.11 Å². The number of anilines is 1. The zero-order valence-corrected chi connectivity index (χ0v) is 14.3. The first-order valence-corrected chi connectivity index (χ1v) is 8.02. The molecular formula is C18H19F3N2S. The Balaban J connectivity index is 2.09. The molecule has 2 rings (SSSR count). The number of alkyl halides is 3. The molecule has 0 bridgehead atoms. The average Bonchev–Trinajstić information content (AvgIpc) is 2.53. The molecule has 0 aliphatic carbocycles. The third-order valence-electron chi connectivity index (χ3n) is 3.73. The van der Waals surface area contributed by atoms with Crippen LogP contribution in [0.15, 0.2) is 48.5 Å². The lowest BCUT2D eigenvalue weighted by Gasteiger charge is -2.22. The summed E-state index contributed by atoms with van der Waals surface area (Å²) in [7, 11) is 0. The van der Waals surface area contributed by atoms with Gasteiger partial charge < -0.3 is 10.6 Å². The molecule has 0 saturated heterocycles. The van der Waals surface area contributed by atoms with Crippen LogP contribution in [0.2, 0.25) is 0 Å². The molecule has 0 fully saturated rings. The van der Waals surface area contributed by atoms with Crippen molar-refractivity contribution in [1.82, 2.24) is 5.32 Å². The Labute approximate surface area is 145 Å². The van der Waals surface area contributed by atoms with Crippen molar-refractivity contribution in [3.8, 4) is 0 Å². The summed E-state index contributed by atoms with van der Waals surface area (Å²) in [6, 6.07) is 12.9. The van der Waals surface area contributed by atoms with E-state index in [0.717, 1.165) is 29.7 Å². The maximum Gasteiger partial charge on any atom is 0.416 e. The third-order valence-corrected chi connectivity index (χ3v) is 3.95. The Morgan fingerprint density at radius 2 is 1.83 bits per heavy atom. The first-order chi connectivity index (χ1) is 11.3. The van der Waals surface area contributed by atoms with Gasteiger partial charge >= 0.3 is 6.18 Å². The number of halogens is 3. The Bertz CT molecular complexity index is 713. The van der Waals surface area contributed by atoms with Gasteiger partial charge in [-0.2, -0.15) is 13.2 Å². The van der Waals surface area contributed by atoms with Gasteiger partial charge in [0, 0.05) is 5.69 Å². The minimum absolute atomic E-state index is 0.00278. The second-order valence-corrected chi connectivity index (χ2v) is 5.90. The van der Waals surface area contributed by atoms with E-state index in [1.807, 2.05) is 38.1 Å². The van der Waals surface area contributed by atoms with Crippen LogP contribution in [-0.2, 0) is 6.18 Å². The van der Waals surface area contributed by atoms with Gasteiger partial charge in [-0.1, -0.05) is 37.3 Å². The fourth-order valence-corrected chi connectivity index (χ4v) is 2.74. The van der Waals surface area contributed by atoms with E-state index >= 15 is 0 Å². The highest BCUT2D eigenvalue weighted by Gasteiger charge is 2.30. The zero-order chi connectivity index (χ0) is 17.7. The summed E-state index contributed by atoms with van der Waals surface area (Å²) in [4.78, 5) is 0. The van der Waals surface area contributed by atoms with E-state index in [-0.39, 0.29) is 6.04 Å². The van der Waals surface area contributed by atoms with Gasteiger partial charge in [-0.3, -0.25) is 0 Å². The predicted octanol–water partition coefficient (Wildman–Crippen LogP) is 5.45. The van der Waals surface area contributed by atoms with E-state index in [1.54, 1.807) is 6.07 Å². The highest BCUT2D eigenvalue weighted by atomic mass is 32.1. The highest BCUT2D eigenvalue weighted by Crippen LogP contribution is 2.30. The largest absolute Gasteiger partial charge is 0.416 e. The van der Waals surface area contributed by atoms with Crippen LogP contribution in [0.25, 0.3) is 0 Å². The minimum atomic E-state index is -4.38. The molecule has 1 unspecified atom stereocenters. The van der Waals surface area contributed by atoms with Gasteiger partial charge in [-0.05, 0) is 54.9 Å². The van der Waals surface area contributed by atoms with E-state index < -0.39 is 11.7 Å². The van der Waals surface area contributed by atoms with Gasteiger partial charge in [0.25, 0.3) is 0 Å². The minimum Gasteiger partial charge on any atom is -0.356 e. The summed E-state index contributed by atoms with van der Waals surface area (Å²) in [6.45, 7) is 4.04. The summed E-state index contributed by atoms with van der Waals surface area (Å²) >= 11 is 5.26. The van der Waals surface area contributed by atoms with Crippen LogP contribution in [0.3, 0.4) is 0 Å². The smallest absolute Gasteiger partial charge is 0.356 e. The number of aryl methyl sites for hydroxylation is 1. The Morgan fingerprint density at radius 1 is 1.12 bits per heavy atom. The Kier molecular flexibility index (Phi) is 5.83. The zero-order valence-electron chi connectivity index (χ0n) is 13.4. The molecule has 0 saturated carbocycles. The Hall–Kier alpha value is -2.08. The van der Waals surface area contributed by atoms with Crippen molar-refractivity contribution >= 4 is 23.0 Å². The van der Waals surface area contributed by atoms with Crippen molar-refractivity contribution < 1.29 is 13.2 Å². The van der Waals surface area contributed by atoms with E-state index in [4.69, 9.17) is 12.2 Å². The molecule has 0 aliphatic heterocycles. The average molecular weight is 352 g/mol. The van der Waals surface area contributed by atoms with Crippen molar-refractivity contribution in [2.45, 2.75) is 32.5 Å². The summed E-state index contributed by atoms with van der Waals surface area (Å²) in [5.41, 5.74) is 1.86. The lowest BCUT2D eigenvalue weighted by atomic mass is 10.00. The molecule has 2 nitrogen and oxygen atoms in total. The molecule has 0 amide bonds. The van der Waals surface area contributed by atoms with Crippen molar-refractivity contribution in [3.05, 3.63) is 65.2 Å². The lowest BCUT2D eigenvalue weighted by Crippen LogP contribution is -2.32. The highest BCUT2D eigenvalue weighted by molar-refractivity contribution is 7.80. The summed E-state index contributed by atoms with van der Waals surface area (Å²) in [6.07, 6.45) is -3.57. The van der Waals surface area contributed by atoms with Crippen molar-refractivity contribution in [1.29, 1.82) is 0 Å². The van der Waals surface area contributed by atoms with Crippen molar-refractivity contribution in [3.63, 3.8) is 0 Å². The second-order valence-electron chi connectivity index (χ2n) is 5.49. The molecule has 1 atom stereocenters. The molecule has 0 radical (unpaired) electrons. The normalized spacial score (nSPS) is 12.5. The van der Waals surface area contributed by atoms with Crippen molar-refractivity contribution in [2.24, 2.45) is 0 Å². The molecule has 0 spiro atoms. The van der Waals surface area contributed by atoms with Gasteiger partial charge in [0.05, 0.1) is 11.6 Å². The summed E-state index contributed by atoms with van der Waals surface area (Å²) in [5, 5.41) is 6.29. The lowest BCUT2D eigenvalue weighted by molar-refractivity contribution is -0.137. The molecule has 2 aromatic rings.